The molecule has 0 aliphatic heterocycles. The van der Waals surface area contributed by atoms with E-state index in [0.29, 0.717) is 4.90 Å². The number of aryl methyl sites for hydroxylation is 1. The minimum Gasteiger partial charge on any atom is -0.459 e. The fraction of sp³-hybridized carbons (Fsp3) is 0.588. The Labute approximate surface area is 151 Å². The Balaban J connectivity index is 2.40. The largest absolute Gasteiger partial charge is 0.459 e. The van der Waals surface area contributed by atoms with Gasteiger partial charge in [-0.25, -0.2) is 0 Å². The molecule has 1 saturated carbocycles. The summed E-state index contributed by atoms with van der Waals surface area (Å²) >= 11 is 0. The molecule has 25 heavy (non-hydrogen) atoms. The smallest absolute Gasteiger partial charge is 0.348 e. The summed E-state index contributed by atoms with van der Waals surface area (Å²) in [4.78, 5) is 13.4. The van der Waals surface area contributed by atoms with Crippen molar-refractivity contribution >= 4 is 24.4 Å². The third-order valence-electron chi connectivity index (χ3n) is 4.10. The lowest BCUT2D eigenvalue weighted by molar-refractivity contribution is -0.155. The van der Waals surface area contributed by atoms with Crippen molar-refractivity contribution in [1.82, 2.24) is 0 Å². The van der Waals surface area contributed by atoms with Crippen molar-refractivity contribution in [2.45, 2.75) is 55.0 Å². The van der Waals surface area contributed by atoms with E-state index in [-0.39, 0.29) is 6.42 Å². The Morgan fingerprint density at radius 2 is 1.72 bits per heavy atom. The highest BCUT2D eigenvalue weighted by molar-refractivity contribution is 7.87. The van der Waals surface area contributed by atoms with Crippen LogP contribution in [0.25, 0.3) is 0 Å². The first kappa shape index (κ1) is 20.3. The maximum Gasteiger partial charge on any atom is 0.348 e. The maximum absolute atomic E-state index is 13.1. The van der Waals surface area contributed by atoms with Crippen LogP contribution in [-0.2, 0) is 33.9 Å². The molecule has 140 valence electrons. The van der Waals surface area contributed by atoms with Crippen LogP contribution in [0, 0.1) is 6.92 Å². The van der Waals surface area contributed by atoms with E-state index < -0.39 is 40.4 Å². The molecule has 6 nitrogen and oxygen atoms in total. The standard InChI is InChI=1S/C17H25O6PS/c1-12-7-9-13(10-8-12)25(20)14-11-17(14,24(19,21-5)22-6)15(18)23-16(2,3)4/h7-10,14H,11H2,1-6H3/t14-,17+,25?/m0/s1. The Bertz CT molecular complexity index is 716. The van der Waals surface area contributed by atoms with Gasteiger partial charge >= 0.3 is 13.6 Å². The second-order valence-corrected chi connectivity index (χ2v) is 11.3. The molecule has 0 N–H and O–H groups in total. The first-order valence-electron chi connectivity index (χ1n) is 7.93. The Morgan fingerprint density at radius 1 is 1.20 bits per heavy atom. The molecule has 1 aromatic carbocycles. The van der Waals surface area contributed by atoms with Crippen LogP contribution in [0.5, 0.6) is 0 Å². The van der Waals surface area contributed by atoms with Crippen molar-refractivity contribution < 1.29 is 27.4 Å². The second kappa shape index (κ2) is 6.95. The Kier molecular flexibility index (Phi) is 5.65. The number of ether oxygens (including phenoxy) is 1. The summed E-state index contributed by atoms with van der Waals surface area (Å²) in [7, 11) is -2.91. The molecule has 1 unspecified atom stereocenters. The molecule has 2 rings (SSSR count). The first-order chi connectivity index (χ1) is 11.5. The molecule has 0 bridgehead atoms. The number of hydrogen-bond acceptors (Lipinski definition) is 6. The topological polar surface area (TPSA) is 78.9 Å². The van der Waals surface area contributed by atoms with Gasteiger partial charge in [-0.1, -0.05) is 17.7 Å². The lowest BCUT2D eigenvalue weighted by Crippen LogP contribution is -2.37. The zero-order valence-electron chi connectivity index (χ0n) is 15.4. The van der Waals surface area contributed by atoms with E-state index in [1.165, 1.54) is 14.2 Å². The van der Waals surface area contributed by atoms with Gasteiger partial charge in [0, 0.05) is 19.1 Å². The summed E-state index contributed by atoms with van der Waals surface area (Å²) in [6.07, 6.45) is 0.126. The summed E-state index contributed by atoms with van der Waals surface area (Å²) in [6.45, 7) is 7.09. The van der Waals surface area contributed by atoms with E-state index in [4.69, 9.17) is 13.8 Å². The van der Waals surface area contributed by atoms with Gasteiger partial charge in [-0.2, -0.15) is 0 Å². The van der Waals surface area contributed by atoms with Crippen LogP contribution in [0.1, 0.15) is 32.8 Å². The monoisotopic (exact) mass is 388 g/mol. The van der Waals surface area contributed by atoms with Crippen molar-refractivity contribution in [3.63, 3.8) is 0 Å². The van der Waals surface area contributed by atoms with Crippen LogP contribution in [0.4, 0.5) is 0 Å². The Hall–Kier alpha value is -1.01. The van der Waals surface area contributed by atoms with Crippen molar-refractivity contribution in [3.8, 4) is 0 Å². The number of carbonyl (C=O) groups excluding carboxylic acids is 1. The number of benzene rings is 1. The molecule has 3 atom stereocenters. The quantitative estimate of drug-likeness (QED) is 0.549. The molecular weight excluding hydrogens is 363 g/mol. The summed E-state index contributed by atoms with van der Waals surface area (Å²) in [5.41, 5.74) is 0.268. The van der Waals surface area contributed by atoms with Crippen LogP contribution in [0.2, 0.25) is 0 Å². The molecule has 1 fully saturated rings. The third-order valence-corrected chi connectivity index (χ3v) is 8.72. The molecule has 0 heterocycles. The number of rotatable bonds is 6. The van der Waals surface area contributed by atoms with Crippen molar-refractivity contribution in [2.75, 3.05) is 14.2 Å². The first-order valence-corrected chi connectivity index (χ1v) is 10.7. The van der Waals surface area contributed by atoms with E-state index in [1.54, 1.807) is 32.9 Å². The minimum atomic E-state index is -3.82. The molecular formula is C17H25O6PS. The van der Waals surface area contributed by atoms with Crippen molar-refractivity contribution in [3.05, 3.63) is 29.8 Å². The summed E-state index contributed by atoms with van der Waals surface area (Å²) in [5, 5.41) is -2.23. The molecule has 0 saturated heterocycles. The SMILES string of the molecule is COP(=O)(OC)[C@]1(C(=O)OC(C)(C)C)C[C@@H]1S(=O)c1ccc(C)cc1. The number of carbonyl (C=O) groups is 1. The highest BCUT2D eigenvalue weighted by atomic mass is 32.2. The third kappa shape index (κ3) is 3.75. The van der Waals surface area contributed by atoms with Gasteiger partial charge in [0.2, 0.25) is 0 Å². The van der Waals surface area contributed by atoms with Gasteiger partial charge in [-0.15, -0.1) is 0 Å². The predicted molar refractivity (Wildman–Crippen MR) is 96.2 cm³/mol. The summed E-state index contributed by atoms with van der Waals surface area (Å²) < 4.78 is 41.6. The van der Waals surface area contributed by atoms with Gasteiger partial charge in [0.25, 0.3) is 0 Å². The van der Waals surface area contributed by atoms with Crippen LogP contribution >= 0.6 is 7.60 Å². The molecule has 0 aromatic heterocycles. The highest BCUT2D eigenvalue weighted by Crippen LogP contribution is 2.72. The van der Waals surface area contributed by atoms with E-state index in [2.05, 4.69) is 0 Å². The summed E-state index contributed by atoms with van der Waals surface area (Å²) in [6, 6.07) is 7.18. The van der Waals surface area contributed by atoms with Crippen LogP contribution < -0.4 is 0 Å². The van der Waals surface area contributed by atoms with E-state index >= 15 is 0 Å². The van der Waals surface area contributed by atoms with Crippen LogP contribution in [-0.4, -0.2) is 40.4 Å². The van der Waals surface area contributed by atoms with Gasteiger partial charge < -0.3 is 13.8 Å². The molecule has 0 radical (unpaired) electrons. The molecule has 8 heteroatoms. The number of hydrogen-bond donors (Lipinski definition) is 0. The zero-order valence-corrected chi connectivity index (χ0v) is 17.1. The molecule has 1 aliphatic rings. The second-order valence-electron chi connectivity index (χ2n) is 7.09. The highest BCUT2D eigenvalue weighted by Gasteiger charge is 2.76. The zero-order chi connectivity index (χ0) is 19.0. The average molecular weight is 388 g/mol. The normalized spacial score (nSPS) is 24.6. The molecule has 0 amide bonds. The van der Waals surface area contributed by atoms with Gasteiger partial charge in [-0.3, -0.25) is 13.6 Å². The van der Waals surface area contributed by atoms with Crippen molar-refractivity contribution in [1.29, 1.82) is 0 Å². The lowest BCUT2D eigenvalue weighted by atomic mass is 10.2. The van der Waals surface area contributed by atoms with E-state index in [1.807, 2.05) is 19.1 Å². The van der Waals surface area contributed by atoms with Crippen molar-refractivity contribution in [2.24, 2.45) is 0 Å². The maximum atomic E-state index is 13.1. The van der Waals surface area contributed by atoms with Crippen LogP contribution in [0.15, 0.2) is 29.2 Å². The molecule has 0 spiro atoms. The van der Waals surface area contributed by atoms with Gasteiger partial charge in [0.05, 0.1) is 16.0 Å². The molecule has 1 aliphatic carbocycles. The van der Waals surface area contributed by atoms with Gasteiger partial charge in [0.15, 0.2) is 5.16 Å². The predicted octanol–water partition coefficient (Wildman–Crippen LogP) is 3.44. The minimum absolute atomic E-state index is 0.126. The average Bonchev–Trinajstić information content (AvgIpc) is 3.30. The van der Waals surface area contributed by atoms with Gasteiger partial charge in [-0.05, 0) is 46.2 Å². The summed E-state index contributed by atoms with van der Waals surface area (Å²) in [5.74, 6) is -0.697. The fourth-order valence-corrected chi connectivity index (χ4v) is 6.92. The lowest BCUT2D eigenvalue weighted by Gasteiger charge is -2.28. The molecule has 1 aromatic rings. The number of esters is 1. The van der Waals surface area contributed by atoms with Gasteiger partial charge in [0.1, 0.15) is 5.60 Å². The Morgan fingerprint density at radius 3 is 2.16 bits per heavy atom. The fourth-order valence-electron chi connectivity index (χ4n) is 2.69. The van der Waals surface area contributed by atoms with E-state index in [0.717, 1.165) is 5.56 Å². The van der Waals surface area contributed by atoms with Crippen LogP contribution in [0.3, 0.4) is 0 Å². The van der Waals surface area contributed by atoms with E-state index in [9.17, 15) is 13.6 Å².